The van der Waals surface area contributed by atoms with Crippen molar-refractivity contribution >= 4 is 0 Å². The minimum atomic E-state index is 0.792. The van der Waals surface area contributed by atoms with E-state index in [1.54, 1.807) is 0 Å². The summed E-state index contributed by atoms with van der Waals surface area (Å²) in [5, 5.41) is 0. The molecule has 0 spiro atoms. The lowest BCUT2D eigenvalue weighted by molar-refractivity contribution is 0.394. The van der Waals surface area contributed by atoms with Crippen LogP contribution in [0.5, 0.6) is 0 Å². The zero-order valence-electron chi connectivity index (χ0n) is 10.7. The van der Waals surface area contributed by atoms with E-state index in [0.717, 1.165) is 11.8 Å². The van der Waals surface area contributed by atoms with E-state index in [0.29, 0.717) is 0 Å². The second-order valence-electron chi connectivity index (χ2n) is 4.99. The molecule has 0 saturated carbocycles. The van der Waals surface area contributed by atoms with Gasteiger partial charge in [-0.2, -0.15) is 0 Å². The van der Waals surface area contributed by atoms with Crippen molar-refractivity contribution in [1.29, 1.82) is 0 Å². The molecule has 0 aromatic carbocycles. The van der Waals surface area contributed by atoms with Crippen molar-refractivity contribution in [2.45, 2.75) is 54.4 Å². The number of hydrogen-bond donors (Lipinski definition) is 0. The number of rotatable bonds is 5. The molecular weight excluding hydrogens is 168 g/mol. The first-order valence-electron chi connectivity index (χ1n) is 5.70. The molecule has 0 radical (unpaired) electrons. The van der Waals surface area contributed by atoms with Crippen molar-refractivity contribution in [2.24, 2.45) is 11.8 Å². The predicted octanol–water partition coefficient (Wildman–Crippen LogP) is 4.97. The highest BCUT2D eigenvalue weighted by Gasteiger charge is 2.08. The summed E-state index contributed by atoms with van der Waals surface area (Å²) in [6.07, 6.45) is 7.15. The largest absolute Gasteiger partial charge is 0.0856 e. The van der Waals surface area contributed by atoms with Crippen LogP contribution in [0.2, 0.25) is 0 Å². The molecule has 0 fully saturated rings. The predicted molar refractivity (Wildman–Crippen MR) is 66.4 cm³/mol. The van der Waals surface area contributed by atoms with E-state index >= 15 is 0 Å². The van der Waals surface area contributed by atoms with Crippen LogP contribution in [0.3, 0.4) is 0 Å². The molecule has 0 amide bonds. The van der Waals surface area contributed by atoms with Gasteiger partial charge in [-0.15, -0.1) is 0 Å². The maximum absolute atomic E-state index is 2.35. The summed E-state index contributed by atoms with van der Waals surface area (Å²) in [5.74, 6) is 1.58. The monoisotopic (exact) mass is 194 g/mol. The summed E-state index contributed by atoms with van der Waals surface area (Å²) in [6, 6.07) is 0. The average Bonchev–Trinajstić information content (AvgIpc) is 2.09. The van der Waals surface area contributed by atoms with Crippen LogP contribution in [-0.4, -0.2) is 0 Å². The van der Waals surface area contributed by atoms with Gasteiger partial charge in [-0.25, -0.2) is 0 Å². The topological polar surface area (TPSA) is 0 Å². The van der Waals surface area contributed by atoms with Crippen LogP contribution in [0.1, 0.15) is 54.4 Å². The second-order valence-corrected chi connectivity index (χ2v) is 4.99. The Hall–Kier alpha value is -0.520. The second kappa shape index (κ2) is 6.86. The van der Waals surface area contributed by atoms with Crippen molar-refractivity contribution in [1.82, 2.24) is 0 Å². The third-order valence-electron chi connectivity index (χ3n) is 2.77. The summed E-state index contributed by atoms with van der Waals surface area (Å²) < 4.78 is 0. The Bertz CT molecular complexity index is 176. The molecule has 2 unspecified atom stereocenters. The minimum absolute atomic E-state index is 0.792. The molecule has 0 aromatic heterocycles. The SMILES string of the molecule is CC(C)=CCC(C)C(C)CC=C(C)C. The van der Waals surface area contributed by atoms with Gasteiger partial charge in [0.1, 0.15) is 0 Å². The maximum Gasteiger partial charge on any atom is -0.0320 e. The van der Waals surface area contributed by atoms with Crippen LogP contribution in [0.25, 0.3) is 0 Å². The van der Waals surface area contributed by atoms with E-state index in [4.69, 9.17) is 0 Å². The quantitative estimate of drug-likeness (QED) is 0.542. The van der Waals surface area contributed by atoms with Crippen LogP contribution >= 0.6 is 0 Å². The van der Waals surface area contributed by atoms with Crippen LogP contribution in [0, 0.1) is 11.8 Å². The molecular formula is C14H26. The first-order valence-corrected chi connectivity index (χ1v) is 5.70. The lowest BCUT2D eigenvalue weighted by Crippen LogP contribution is -2.06. The fourth-order valence-electron chi connectivity index (χ4n) is 1.31. The smallest absolute Gasteiger partial charge is 0.0320 e. The minimum Gasteiger partial charge on any atom is -0.0856 e. The highest BCUT2D eigenvalue weighted by Crippen LogP contribution is 2.20. The Morgan fingerprint density at radius 3 is 1.29 bits per heavy atom. The van der Waals surface area contributed by atoms with Gasteiger partial charge in [0, 0.05) is 0 Å². The van der Waals surface area contributed by atoms with Gasteiger partial charge in [-0.1, -0.05) is 37.1 Å². The first-order chi connectivity index (χ1) is 6.43. The molecule has 0 aliphatic carbocycles. The van der Waals surface area contributed by atoms with Crippen molar-refractivity contribution < 1.29 is 0 Å². The van der Waals surface area contributed by atoms with Gasteiger partial charge in [0.15, 0.2) is 0 Å². The van der Waals surface area contributed by atoms with Crippen LogP contribution in [0.4, 0.5) is 0 Å². The summed E-state index contributed by atoms with van der Waals surface area (Å²) in [5.41, 5.74) is 2.87. The molecule has 0 N–H and O–H groups in total. The van der Waals surface area contributed by atoms with E-state index in [1.165, 1.54) is 24.0 Å². The van der Waals surface area contributed by atoms with E-state index in [-0.39, 0.29) is 0 Å². The zero-order valence-corrected chi connectivity index (χ0v) is 10.7. The molecule has 0 aromatic rings. The Balaban J connectivity index is 3.93. The van der Waals surface area contributed by atoms with Gasteiger partial charge < -0.3 is 0 Å². The van der Waals surface area contributed by atoms with Gasteiger partial charge in [-0.3, -0.25) is 0 Å². The third-order valence-corrected chi connectivity index (χ3v) is 2.77. The van der Waals surface area contributed by atoms with E-state index in [2.05, 4.69) is 53.7 Å². The fourth-order valence-corrected chi connectivity index (χ4v) is 1.31. The van der Waals surface area contributed by atoms with E-state index < -0.39 is 0 Å². The van der Waals surface area contributed by atoms with Crippen LogP contribution in [-0.2, 0) is 0 Å². The Labute approximate surface area is 90.1 Å². The normalized spacial score (nSPS) is 14.4. The van der Waals surface area contributed by atoms with E-state index in [9.17, 15) is 0 Å². The fraction of sp³-hybridized carbons (Fsp3) is 0.714. The van der Waals surface area contributed by atoms with Gasteiger partial charge in [0.25, 0.3) is 0 Å². The Morgan fingerprint density at radius 1 is 0.786 bits per heavy atom. The molecule has 0 heterocycles. The summed E-state index contributed by atoms with van der Waals surface area (Å²) in [6.45, 7) is 13.4. The molecule has 0 bridgehead atoms. The van der Waals surface area contributed by atoms with Gasteiger partial charge in [0.05, 0.1) is 0 Å². The van der Waals surface area contributed by atoms with Crippen molar-refractivity contribution in [3.05, 3.63) is 23.3 Å². The lowest BCUT2D eigenvalue weighted by Gasteiger charge is -2.17. The lowest BCUT2D eigenvalue weighted by atomic mass is 9.89. The third kappa shape index (κ3) is 6.94. The van der Waals surface area contributed by atoms with Crippen LogP contribution < -0.4 is 0 Å². The van der Waals surface area contributed by atoms with Crippen molar-refractivity contribution in [2.75, 3.05) is 0 Å². The average molecular weight is 194 g/mol. The Kier molecular flexibility index (Phi) is 6.61. The molecule has 14 heavy (non-hydrogen) atoms. The summed E-state index contributed by atoms with van der Waals surface area (Å²) in [4.78, 5) is 0. The number of hydrogen-bond acceptors (Lipinski definition) is 0. The molecule has 2 atom stereocenters. The number of allylic oxidation sites excluding steroid dienone is 4. The van der Waals surface area contributed by atoms with Crippen molar-refractivity contribution in [3.63, 3.8) is 0 Å². The van der Waals surface area contributed by atoms with Gasteiger partial charge in [0.2, 0.25) is 0 Å². The van der Waals surface area contributed by atoms with Gasteiger partial charge in [-0.05, 0) is 52.4 Å². The highest BCUT2D eigenvalue weighted by atomic mass is 14.1. The Morgan fingerprint density at radius 2 is 1.07 bits per heavy atom. The molecule has 82 valence electrons. The zero-order chi connectivity index (χ0) is 11.1. The maximum atomic E-state index is 2.35. The first kappa shape index (κ1) is 13.5. The summed E-state index contributed by atoms with van der Waals surface area (Å²) >= 11 is 0. The summed E-state index contributed by atoms with van der Waals surface area (Å²) in [7, 11) is 0. The molecule has 0 aliphatic heterocycles. The standard InChI is InChI=1S/C14H26/c1-11(2)7-9-13(5)14(6)10-8-12(3)4/h7-8,13-14H,9-10H2,1-6H3. The molecule has 0 rings (SSSR count). The molecule has 0 nitrogen and oxygen atoms in total. The molecule has 0 aliphatic rings. The van der Waals surface area contributed by atoms with Crippen LogP contribution in [0.15, 0.2) is 23.3 Å². The van der Waals surface area contributed by atoms with Crippen molar-refractivity contribution in [3.8, 4) is 0 Å². The van der Waals surface area contributed by atoms with E-state index in [1.807, 2.05) is 0 Å². The molecule has 0 heteroatoms. The molecule has 0 saturated heterocycles. The van der Waals surface area contributed by atoms with Gasteiger partial charge >= 0.3 is 0 Å². The highest BCUT2D eigenvalue weighted by molar-refractivity contribution is 4.96.